The molecule has 1 aliphatic rings. The van der Waals surface area contributed by atoms with Crippen molar-refractivity contribution >= 4 is 23.8 Å². The van der Waals surface area contributed by atoms with Crippen LogP contribution in [0, 0.1) is 5.41 Å². The van der Waals surface area contributed by atoms with Crippen molar-refractivity contribution in [2.24, 2.45) is 5.41 Å². The summed E-state index contributed by atoms with van der Waals surface area (Å²) < 4.78 is 10.4. The Morgan fingerprint density at radius 1 is 0.781 bits per heavy atom. The van der Waals surface area contributed by atoms with Crippen LogP contribution in [0.25, 0.3) is 0 Å². The zero-order valence-electron chi connectivity index (χ0n) is 19.9. The second-order valence-electron chi connectivity index (χ2n) is 10.4. The molecule has 0 radical (unpaired) electrons. The molecule has 2 amide bonds. The summed E-state index contributed by atoms with van der Waals surface area (Å²) in [5.41, 5.74) is -2.14. The number of aliphatic hydroxyl groups is 2. The third-order valence-electron chi connectivity index (χ3n) is 4.90. The smallest absolute Gasteiger partial charge is 0.331 e. The van der Waals surface area contributed by atoms with Crippen LogP contribution in [0.4, 0.5) is 0 Å². The highest BCUT2D eigenvalue weighted by molar-refractivity contribution is 5.87. The minimum Gasteiger partial charge on any atom is -0.458 e. The molecule has 0 aromatic heterocycles. The van der Waals surface area contributed by atoms with Gasteiger partial charge in [0, 0.05) is 12.8 Å². The quantitative estimate of drug-likeness (QED) is 0.347. The van der Waals surface area contributed by atoms with Crippen molar-refractivity contribution in [2.45, 2.75) is 96.9 Å². The highest BCUT2D eigenvalue weighted by Gasteiger charge is 2.42. The van der Waals surface area contributed by atoms with Gasteiger partial charge in [0.2, 0.25) is 11.8 Å². The number of esters is 2. The standard InChI is InChI=1S/C22H38N2O8/c1-20(2,3)31-18(29)14(12-25)23-16(27)10-22(8-7-9-22)11-17(28)24-15(13-26)19(30)32-21(4,5)6/h14-15,25-26H,7-13H2,1-6H3,(H,23,27)(H,24,28)/t14-,15-/m1/s1. The van der Waals surface area contributed by atoms with Gasteiger partial charge in [0.25, 0.3) is 0 Å². The third kappa shape index (κ3) is 9.52. The van der Waals surface area contributed by atoms with Gasteiger partial charge in [-0.25, -0.2) is 9.59 Å². The number of rotatable bonds is 10. The van der Waals surface area contributed by atoms with E-state index in [1.165, 1.54) is 0 Å². The second-order valence-corrected chi connectivity index (χ2v) is 10.4. The molecule has 1 aliphatic carbocycles. The molecular formula is C22H38N2O8. The lowest BCUT2D eigenvalue weighted by Gasteiger charge is -2.41. The van der Waals surface area contributed by atoms with E-state index in [0.29, 0.717) is 12.8 Å². The van der Waals surface area contributed by atoms with Crippen LogP contribution < -0.4 is 10.6 Å². The predicted molar refractivity (Wildman–Crippen MR) is 115 cm³/mol. The summed E-state index contributed by atoms with van der Waals surface area (Å²) in [6, 6.07) is -2.39. The summed E-state index contributed by atoms with van der Waals surface area (Å²) in [7, 11) is 0. The van der Waals surface area contributed by atoms with Crippen LogP contribution in [0.3, 0.4) is 0 Å². The van der Waals surface area contributed by atoms with Crippen LogP contribution in [0.2, 0.25) is 0 Å². The van der Waals surface area contributed by atoms with E-state index in [0.717, 1.165) is 6.42 Å². The molecule has 0 spiro atoms. The molecule has 184 valence electrons. The zero-order chi connectivity index (χ0) is 24.7. The Bertz CT molecular complexity index is 635. The van der Waals surface area contributed by atoms with Gasteiger partial charge in [-0.3, -0.25) is 9.59 Å². The first kappa shape index (κ1) is 27.8. The van der Waals surface area contributed by atoms with Crippen molar-refractivity contribution in [3.05, 3.63) is 0 Å². The molecule has 32 heavy (non-hydrogen) atoms. The molecule has 0 aliphatic heterocycles. The largest absolute Gasteiger partial charge is 0.458 e. The molecule has 1 fully saturated rings. The molecule has 4 N–H and O–H groups in total. The Morgan fingerprint density at radius 2 is 1.12 bits per heavy atom. The number of aliphatic hydroxyl groups excluding tert-OH is 2. The summed E-state index contributed by atoms with van der Waals surface area (Å²) >= 11 is 0. The molecule has 0 aromatic carbocycles. The summed E-state index contributed by atoms with van der Waals surface area (Å²) in [4.78, 5) is 49.4. The molecular weight excluding hydrogens is 420 g/mol. The van der Waals surface area contributed by atoms with Gasteiger partial charge in [-0.05, 0) is 59.8 Å². The molecule has 0 heterocycles. The van der Waals surface area contributed by atoms with Gasteiger partial charge in [-0.15, -0.1) is 0 Å². The van der Waals surface area contributed by atoms with Gasteiger partial charge in [-0.2, -0.15) is 0 Å². The number of carbonyl (C=O) groups excluding carboxylic acids is 4. The molecule has 2 atom stereocenters. The molecule has 1 rings (SSSR count). The number of carbonyl (C=O) groups is 4. The Labute approximate surface area is 189 Å². The Balaban J connectivity index is 2.69. The van der Waals surface area contributed by atoms with Gasteiger partial charge in [-0.1, -0.05) is 6.42 Å². The van der Waals surface area contributed by atoms with E-state index in [2.05, 4.69) is 10.6 Å². The van der Waals surface area contributed by atoms with Crippen LogP contribution in [0.15, 0.2) is 0 Å². The predicted octanol–water partition coefficient (Wildman–Crippen LogP) is 0.575. The van der Waals surface area contributed by atoms with E-state index in [-0.39, 0.29) is 12.8 Å². The van der Waals surface area contributed by atoms with Crippen LogP contribution in [0.1, 0.15) is 73.6 Å². The van der Waals surface area contributed by atoms with Crippen molar-refractivity contribution in [2.75, 3.05) is 13.2 Å². The van der Waals surface area contributed by atoms with Crippen molar-refractivity contribution in [1.82, 2.24) is 10.6 Å². The third-order valence-corrected chi connectivity index (χ3v) is 4.90. The average molecular weight is 459 g/mol. The molecule has 0 unspecified atom stereocenters. The van der Waals surface area contributed by atoms with Gasteiger partial charge in [0.1, 0.15) is 11.2 Å². The fourth-order valence-electron chi connectivity index (χ4n) is 3.37. The minimum absolute atomic E-state index is 0.0179. The topological polar surface area (TPSA) is 151 Å². The number of hydrogen-bond acceptors (Lipinski definition) is 8. The summed E-state index contributed by atoms with van der Waals surface area (Å²) in [6.45, 7) is 8.87. The van der Waals surface area contributed by atoms with Crippen LogP contribution in [-0.4, -0.2) is 70.5 Å². The highest BCUT2D eigenvalue weighted by atomic mass is 16.6. The summed E-state index contributed by atoms with van der Waals surface area (Å²) in [5.74, 6) is -2.43. The zero-order valence-corrected chi connectivity index (χ0v) is 19.9. The normalized spacial score (nSPS) is 17.4. The lowest BCUT2D eigenvalue weighted by molar-refractivity contribution is -0.160. The maximum Gasteiger partial charge on any atom is 0.331 e. The Morgan fingerprint density at radius 3 is 1.34 bits per heavy atom. The summed E-state index contributed by atoms with van der Waals surface area (Å²) in [6.07, 6.45) is 2.05. The van der Waals surface area contributed by atoms with E-state index in [1.807, 2.05) is 0 Å². The molecule has 0 bridgehead atoms. The molecule has 0 saturated heterocycles. The minimum atomic E-state index is -1.20. The maximum absolute atomic E-state index is 12.5. The van der Waals surface area contributed by atoms with E-state index in [4.69, 9.17) is 9.47 Å². The van der Waals surface area contributed by atoms with E-state index >= 15 is 0 Å². The highest BCUT2D eigenvalue weighted by Crippen LogP contribution is 2.46. The van der Waals surface area contributed by atoms with E-state index in [1.54, 1.807) is 41.5 Å². The molecule has 1 saturated carbocycles. The van der Waals surface area contributed by atoms with Gasteiger partial charge < -0.3 is 30.3 Å². The first-order chi connectivity index (χ1) is 14.6. The van der Waals surface area contributed by atoms with Crippen LogP contribution in [-0.2, 0) is 28.7 Å². The van der Waals surface area contributed by atoms with Crippen molar-refractivity contribution < 1.29 is 38.9 Å². The first-order valence-electron chi connectivity index (χ1n) is 10.9. The molecule has 10 nitrogen and oxygen atoms in total. The average Bonchev–Trinajstić information content (AvgIpc) is 2.59. The van der Waals surface area contributed by atoms with E-state index in [9.17, 15) is 29.4 Å². The maximum atomic E-state index is 12.5. The number of nitrogens with one attached hydrogen (secondary N) is 2. The Hall–Kier alpha value is -2.20. The first-order valence-corrected chi connectivity index (χ1v) is 10.9. The van der Waals surface area contributed by atoms with Gasteiger partial charge in [0.15, 0.2) is 12.1 Å². The molecule has 0 aromatic rings. The fraction of sp³-hybridized carbons (Fsp3) is 0.818. The SMILES string of the molecule is CC(C)(C)OC(=O)[C@@H](CO)NC(=O)CC1(CC(=O)N[C@H](CO)C(=O)OC(C)(C)C)CCC1. The summed E-state index contributed by atoms with van der Waals surface area (Å²) in [5, 5.41) is 23.9. The second kappa shape index (κ2) is 11.1. The van der Waals surface area contributed by atoms with Crippen molar-refractivity contribution in [1.29, 1.82) is 0 Å². The lowest BCUT2D eigenvalue weighted by Crippen LogP contribution is -2.50. The Kier molecular flexibility index (Phi) is 9.65. The van der Waals surface area contributed by atoms with E-state index < -0.39 is 65.7 Å². The lowest BCUT2D eigenvalue weighted by atomic mass is 9.64. The number of hydrogen-bond donors (Lipinski definition) is 4. The van der Waals surface area contributed by atoms with Crippen molar-refractivity contribution in [3.8, 4) is 0 Å². The number of ether oxygens (including phenoxy) is 2. The molecule has 10 heteroatoms. The number of amides is 2. The monoisotopic (exact) mass is 458 g/mol. The fourth-order valence-corrected chi connectivity index (χ4v) is 3.37. The van der Waals surface area contributed by atoms with Gasteiger partial charge >= 0.3 is 11.9 Å². The van der Waals surface area contributed by atoms with Crippen LogP contribution in [0.5, 0.6) is 0 Å². The van der Waals surface area contributed by atoms with Crippen molar-refractivity contribution in [3.63, 3.8) is 0 Å². The van der Waals surface area contributed by atoms with Gasteiger partial charge in [0.05, 0.1) is 13.2 Å². The van der Waals surface area contributed by atoms with Crippen LogP contribution >= 0.6 is 0 Å².